The van der Waals surface area contributed by atoms with E-state index in [0.717, 1.165) is 48.9 Å². The van der Waals surface area contributed by atoms with Gasteiger partial charge in [-0.05, 0) is 85.2 Å². The summed E-state index contributed by atoms with van der Waals surface area (Å²) in [6.45, 7) is 0.870. The number of carbonyl (C=O) groups excluding carboxylic acids is 1. The van der Waals surface area contributed by atoms with Gasteiger partial charge in [-0.2, -0.15) is 0 Å². The van der Waals surface area contributed by atoms with Crippen molar-refractivity contribution in [2.45, 2.75) is 56.7 Å². The summed E-state index contributed by atoms with van der Waals surface area (Å²) in [6.07, 6.45) is 6.10. The Morgan fingerprint density at radius 3 is 2.61 bits per heavy atom. The Morgan fingerprint density at radius 2 is 1.90 bits per heavy atom. The van der Waals surface area contributed by atoms with Gasteiger partial charge in [0.25, 0.3) is 5.91 Å². The van der Waals surface area contributed by atoms with Crippen molar-refractivity contribution in [1.82, 2.24) is 25.1 Å². The summed E-state index contributed by atoms with van der Waals surface area (Å²) in [4.78, 5) is 20.0. The molecule has 7 rings (SSSR count). The molecule has 3 aliphatic rings. The van der Waals surface area contributed by atoms with Crippen molar-refractivity contribution in [3.63, 3.8) is 0 Å². The number of pyridine rings is 1. The van der Waals surface area contributed by atoms with Crippen LogP contribution in [-0.4, -0.2) is 42.9 Å². The third-order valence-corrected chi connectivity index (χ3v) is 8.46. The molecule has 0 atom stereocenters. The quantitative estimate of drug-likeness (QED) is 0.322. The molecule has 10 heteroatoms. The predicted octanol–water partition coefficient (Wildman–Crippen LogP) is 4.86. The molecule has 41 heavy (non-hydrogen) atoms. The molecule has 0 bridgehead atoms. The molecule has 1 amide bonds. The first-order valence-electron chi connectivity index (χ1n) is 14.0. The minimum atomic E-state index is -0.685. The van der Waals surface area contributed by atoms with E-state index in [2.05, 4.69) is 15.5 Å². The zero-order valence-corrected chi connectivity index (χ0v) is 22.7. The van der Waals surface area contributed by atoms with Crippen molar-refractivity contribution in [1.29, 1.82) is 0 Å². The molecule has 210 valence electrons. The molecular weight excluding hydrogens is 526 g/mol. The lowest BCUT2D eigenvalue weighted by Crippen LogP contribution is -2.46. The number of aryl methyl sites for hydroxylation is 1. The van der Waals surface area contributed by atoms with Gasteiger partial charge in [0.2, 0.25) is 0 Å². The Morgan fingerprint density at radius 1 is 1.07 bits per heavy atom. The highest BCUT2D eigenvalue weighted by Gasteiger charge is 2.35. The molecule has 0 spiro atoms. The largest absolute Gasteiger partial charge is 0.389 e. The van der Waals surface area contributed by atoms with Crippen molar-refractivity contribution in [2.24, 2.45) is 7.05 Å². The van der Waals surface area contributed by atoms with Crippen molar-refractivity contribution in [2.75, 3.05) is 11.4 Å². The summed E-state index contributed by atoms with van der Waals surface area (Å²) < 4.78 is 31.4. The minimum Gasteiger partial charge on any atom is -0.389 e. The summed E-state index contributed by atoms with van der Waals surface area (Å²) >= 11 is 0. The molecule has 8 nitrogen and oxygen atoms in total. The number of rotatable bonds is 8. The van der Waals surface area contributed by atoms with Crippen molar-refractivity contribution in [3.8, 4) is 22.5 Å². The van der Waals surface area contributed by atoms with Crippen LogP contribution in [-0.2, 0) is 20.1 Å². The van der Waals surface area contributed by atoms with E-state index in [0.29, 0.717) is 47.0 Å². The van der Waals surface area contributed by atoms with Gasteiger partial charge in [0, 0.05) is 48.4 Å². The number of hydrogen-bond donors (Lipinski definition) is 2. The van der Waals surface area contributed by atoms with Crippen LogP contribution in [0.3, 0.4) is 0 Å². The van der Waals surface area contributed by atoms with Crippen LogP contribution >= 0.6 is 0 Å². The predicted molar refractivity (Wildman–Crippen MR) is 149 cm³/mol. The number of aromatic nitrogens is 4. The highest BCUT2D eigenvalue weighted by molar-refractivity contribution is 6.10. The van der Waals surface area contributed by atoms with Crippen LogP contribution in [0, 0.1) is 11.6 Å². The van der Waals surface area contributed by atoms with Gasteiger partial charge in [-0.3, -0.25) is 9.69 Å². The molecule has 0 unspecified atom stereocenters. The van der Waals surface area contributed by atoms with E-state index >= 15 is 4.39 Å². The third-order valence-electron chi connectivity index (χ3n) is 8.46. The lowest BCUT2D eigenvalue weighted by atomic mass is 9.80. The highest BCUT2D eigenvalue weighted by atomic mass is 19.1. The lowest BCUT2D eigenvalue weighted by Gasteiger charge is -2.36. The van der Waals surface area contributed by atoms with E-state index < -0.39 is 17.2 Å². The number of nitrogens with zero attached hydrogens (tertiary/aromatic N) is 5. The van der Waals surface area contributed by atoms with Crippen molar-refractivity contribution in [3.05, 3.63) is 82.8 Å². The average molecular weight is 557 g/mol. The third kappa shape index (κ3) is 4.81. The van der Waals surface area contributed by atoms with Crippen LogP contribution in [0.2, 0.25) is 0 Å². The highest BCUT2D eigenvalue weighted by Crippen LogP contribution is 2.43. The molecule has 0 radical (unpaired) electrons. The summed E-state index contributed by atoms with van der Waals surface area (Å²) in [5.41, 5.74) is 3.59. The Bertz CT molecular complexity index is 1680. The van der Waals surface area contributed by atoms with E-state index in [1.165, 1.54) is 23.1 Å². The van der Waals surface area contributed by atoms with Crippen LogP contribution in [0.4, 0.5) is 14.6 Å². The molecule has 2 saturated carbocycles. The Labute approximate surface area is 236 Å². The summed E-state index contributed by atoms with van der Waals surface area (Å²) in [7, 11) is 1.80. The van der Waals surface area contributed by atoms with Gasteiger partial charge in [-0.1, -0.05) is 6.07 Å². The van der Waals surface area contributed by atoms with E-state index in [1.54, 1.807) is 30.1 Å². The molecule has 2 N–H and O–H groups in total. The lowest BCUT2D eigenvalue weighted by molar-refractivity contribution is -0.0314. The van der Waals surface area contributed by atoms with Crippen LogP contribution in [0.1, 0.15) is 65.2 Å². The number of halogens is 2. The molecule has 2 aliphatic carbocycles. The van der Waals surface area contributed by atoms with Crippen LogP contribution in [0.5, 0.6) is 0 Å². The minimum absolute atomic E-state index is 0.0770. The van der Waals surface area contributed by atoms with Gasteiger partial charge in [-0.25, -0.2) is 13.8 Å². The standard InChI is InChI=1S/C31H30F2N6O2/c1-38-17-35-37-29(38)23-13-21(32)5-6-22(23)20-11-27(19-3-4-19)36-28(12-20)39-15-25-24(30(39)40)9-18(10-26(25)33)14-34-16-31(41)7-2-8-31/h5-6,9-13,17,19,34,41H,2-4,7-8,14-16H2,1H3. The first-order chi connectivity index (χ1) is 19.8. The van der Waals surface area contributed by atoms with Crippen molar-refractivity contribution < 1.29 is 18.7 Å². The Kier molecular flexibility index (Phi) is 6.20. The van der Waals surface area contributed by atoms with Gasteiger partial charge in [0.05, 0.1) is 12.1 Å². The molecule has 2 aromatic heterocycles. The fraction of sp³-hybridized carbons (Fsp3) is 0.355. The second kappa shape index (κ2) is 9.81. The van der Waals surface area contributed by atoms with E-state index in [9.17, 15) is 14.3 Å². The van der Waals surface area contributed by atoms with Gasteiger partial charge in [0.1, 0.15) is 23.8 Å². The maximum absolute atomic E-state index is 15.3. The summed E-state index contributed by atoms with van der Waals surface area (Å²) in [5.74, 6) is 0.105. The number of fused-ring (bicyclic) bond motifs is 1. The molecular formula is C31H30F2N6O2. The number of nitrogens with one attached hydrogen (secondary N) is 1. The molecule has 1 aliphatic heterocycles. The first kappa shape index (κ1) is 25.9. The number of hydrogen-bond acceptors (Lipinski definition) is 6. The van der Waals surface area contributed by atoms with E-state index in [4.69, 9.17) is 4.98 Å². The fourth-order valence-electron chi connectivity index (χ4n) is 5.81. The molecule has 0 saturated heterocycles. The monoisotopic (exact) mass is 556 g/mol. The first-order valence-corrected chi connectivity index (χ1v) is 14.0. The fourth-order valence-corrected chi connectivity index (χ4v) is 5.81. The smallest absolute Gasteiger partial charge is 0.260 e. The second-order valence-electron chi connectivity index (χ2n) is 11.5. The van der Waals surface area contributed by atoms with E-state index in [1.807, 2.05) is 12.1 Å². The Hall–Kier alpha value is -4.02. The molecule has 2 aromatic carbocycles. The topological polar surface area (TPSA) is 96.2 Å². The SMILES string of the molecule is Cn1cnnc1-c1cc(F)ccc1-c1cc(C2CC2)nc(N2Cc3c(F)cc(CNCC4(O)CCC4)cc3C2=O)c1. The number of aliphatic hydroxyl groups is 1. The number of benzene rings is 2. The summed E-state index contributed by atoms with van der Waals surface area (Å²) in [5, 5.41) is 21.7. The van der Waals surface area contributed by atoms with Crippen LogP contribution in [0.25, 0.3) is 22.5 Å². The van der Waals surface area contributed by atoms with Crippen LogP contribution < -0.4 is 10.2 Å². The van der Waals surface area contributed by atoms with Crippen LogP contribution in [0.15, 0.2) is 48.8 Å². The van der Waals surface area contributed by atoms with Gasteiger partial charge < -0.3 is 15.0 Å². The Balaban J connectivity index is 1.22. The maximum atomic E-state index is 15.3. The normalized spacial score (nSPS) is 17.6. The average Bonchev–Trinajstić information content (AvgIpc) is 3.62. The van der Waals surface area contributed by atoms with Gasteiger partial charge >= 0.3 is 0 Å². The molecule has 3 heterocycles. The molecule has 4 aromatic rings. The zero-order chi connectivity index (χ0) is 28.3. The van der Waals surface area contributed by atoms with Gasteiger partial charge in [-0.15, -0.1) is 10.2 Å². The zero-order valence-electron chi connectivity index (χ0n) is 22.7. The maximum Gasteiger partial charge on any atom is 0.260 e. The molecule has 2 fully saturated rings. The second-order valence-corrected chi connectivity index (χ2v) is 11.5. The number of anilines is 1. The van der Waals surface area contributed by atoms with Crippen molar-refractivity contribution >= 4 is 11.7 Å². The number of carbonyl (C=O) groups is 1. The van der Waals surface area contributed by atoms with E-state index in [-0.39, 0.29) is 18.4 Å². The summed E-state index contributed by atoms with van der Waals surface area (Å²) in [6, 6.07) is 11.5. The van der Waals surface area contributed by atoms with Gasteiger partial charge in [0.15, 0.2) is 5.82 Å². The number of amides is 1.